The van der Waals surface area contributed by atoms with Gasteiger partial charge in [-0.15, -0.1) is 0 Å². The summed E-state index contributed by atoms with van der Waals surface area (Å²) >= 11 is 0. The van der Waals surface area contributed by atoms with E-state index in [4.69, 9.17) is 14.6 Å². The molecule has 1 aromatic heterocycles. The molecule has 5 nitrogen and oxygen atoms in total. The van der Waals surface area contributed by atoms with Gasteiger partial charge < -0.3 is 9.47 Å². The van der Waals surface area contributed by atoms with Gasteiger partial charge in [0, 0.05) is 43.6 Å². The van der Waals surface area contributed by atoms with Gasteiger partial charge in [0.1, 0.15) is 5.75 Å². The number of benzene rings is 2. The highest BCUT2D eigenvalue weighted by Crippen LogP contribution is 2.28. The fraction of sp³-hybridized carbons (Fsp3) is 0.348. The Balaban J connectivity index is 2.01. The predicted molar refractivity (Wildman–Crippen MR) is 113 cm³/mol. The van der Waals surface area contributed by atoms with E-state index >= 15 is 0 Å². The van der Waals surface area contributed by atoms with Crippen LogP contribution >= 0.6 is 0 Å². The molecule has 1 heterocycles. The van der Waals surface area contributed by atoms with Crippen molar-refractivity contribution in [3.8, 4) is 22.7 Å². The van der Waals surface area contributed by atoms with Crippen LogP contribution in [0.3, 0.4) is 0 Å². The molecule has 0 radical (unpaired) electrons. The number of ether oxygens (including phenoxy) is 2. The van der Waals surface area contributed by atoms with Gasteiger partial charge in [-0.25, -0.2) is 4.68 Å². The summed E-state index contributed by atoms with van der Waals surface area (Å²) in [6.07, 6.45) is 2.13. The third-order valence-electron chi connectivity index (χ3n) is 4.84. The molecule has 0 aliphatic carbocycles. The summed E-state index contributed by atoms with van der Waals surface area (Å²) in [5.41, 5.74) is 4.26. The number of hydrogen-bond acceptors (Lipinski definition) is 4. The summed E-state index contributed by atoms with van der Waals surface area (Å²) in [6, 6.07) is 18.7. The number of aromatic nitrogens is 2. The van der Waals surface area contributed by atoms with Crippen LogP contribution in [-0.4, -0.2) is 48.1 Å². The molecule has 0 atom stereocenters. The van der Waals surface area contributed by atoms with Crippen LogP contribution in [0.25, 0.3) is 16.9 Å². The smallest absolute Gasteiger partial charge is 0.119 e. The highest BCUT2D eigenvalue weighted by Gasteiger charge is 2.17. The molecule has 148 valence electrons. The summed E-state index contributed by atoms with van der Waals surface area (Å²) in [7, 11) is 3.43. The van der Waals surface area contributed by atoms with Crippen molar-refractivity contribution < 1.29 is 9.47 Å². The molecular formula is C23H29N3O2. The molecule has 0 bridgehead atoms. The summed E-state index contributed by atoms with van der Waals surface area (Å²) in [5.74, 6) is 0.831. The normalized spacial score (nSPS) is 11.4. The third kappa shape index (κ3) is 4.80. The second kappa shape index (κ2) is 9.53. The Morgan fingerprint density at radius 3 is 2.50 bits per heavy atom. The van der Waals surface area contributed by atoms with Crippen molar-refractivity contribution in [3.63, 3.8) is 0 Å². The lowest BCUT2D eigenvalue weighted by Gasteiger charge is -2.26. The van der Waals surface area contributed by atoms with E-state index in [0.717, 1.165) is 35.8 Å². The molecule has 0 N–H and O–H groups in total. The molecule has 0 aliphatic heterocycles. The van der Waals surface area contributed by atoms with Crippen LogP contribution in [0, 0.1) is 0 Å². The van der Waals surface area contributed by atoms with Gasteiger partial charge in [0.2, 0.25) is 0 Å². The summed E-state index contributed by atoms with van der Waals surface area (Å²) in [6.45, 7) is 6.81. The molecule has 0 unspecified atom stereocenters. The van der Waals surface area contributed by atoms with Gasteiger partial charge in [0.05, 0.1) is 25.1 Å². The Morgan fingerprint density at radius 1 is 1.04 bits per heavy atom. The van der Waals surface area contributed by atoms with Gasteiger partial charge >= 0.3 is 0 Å². The fourth-order valence-corrected chi connectivity index (χ4v) is 3.20. The first kappa shape index (κ1) is 20.1. The van der Waals surface area contributed by atoms with Gasteiger partial charge in [0.25, 0.3) is 0 Å². The molecule has 0 fully saturated rings. The number of rotatable bonds is 9. The maximum atomic E-state index is 5.42. The van der Waals surface area contributed by atoms with Crippen molar-refractivity contribution in [1.29, 1.82) is 0 Å². The Morgan fingerprint density at radius 2 is 1.82 bits per heavy atom. The van der Waals surface area contributed by atoms with Crippen LogP contribution in [0.15, 0.2) is 60.8 Å². The van der Waals surface area contributed by atoms with Crippen LogP contribution in [0.4, 0.5) is 0 Å². The molecule has 3 aromatic rings. The highest BCUT2D eigenvalue weighted by atomic mass is 16.5. The van der Waals surface area contributed by atoms with Gasteiger partial charge in [-0.2, -0.15) is 5.10 Å². The van der Waals surface area contributed by atoms with E-state index in [1.807, 2.05) is 41.1 Å². The SMILES string of the molecule is COCCN(Cc1cn(-c2ccccc2)nc1-c1cccc(OC)c1)C(C)C. The number of hydrogen-bond donors (Lipinski definition) is 0. The van der Waals surface area contributed by atoms with E-state index in [9.17, 15) is 0 Å². The highest BCUT2D eigenvalue weighted by molar-refractivity contribution is 5.65. The van der Waals surface area contributed by atoms with Crippen molar-refractivity contribution >= 4 is 0 Å². The molecular weight excluding hydrogens is 350 g/mol. The van der Waals surface area contributed by atoms with E-state index in [2.05, 4.69) is 43.1 Å². The lowest BCUT2D eigenvalue weighted by Crippen LogP contribution is -2.33. The standard InChI is InChI=1S/C23H29N3O2/c1-18(2)25(13-14-27-3)16-20-17-26(21-10-6-5-7-11-21)24-23(20)19-9-8-12-22(15-19)28-4/h5-12,15,17-18H,13-14,16H2,1-4H3. The predicted octanol–water partition coefficient (Wildman–Crippen LogP) is 4.40. The summed E-state index contributed by atoms with van der Waals surface area (Å²) < 4.78 is 12.7. The van der Waals surface area contributed by atoms with Gasteiger partial charge in [-0.1, -0.05) is 30.3 Å². The molecule has 5 heteroatoms. The monoisotopic (exact) mass is 379 g/mol. The van der Waals surface area contributed by atoms with Crippen molar-refractivity contribution in [2.24, 2.45) is 0 Å². The zero-order chi connectivity index (χ0) is 19.9. The Bertz CT molecular complexity index is 875. The summed E-state index contributed by atoms with van der Waals surface area (Å²) in [5, 5.41) is 4.92. The number of nitrogens with zero attached hydrogens (tertiary/aromatic N) is 3. The second-order valence-electron chi connectivity index (χ2n) is 7.07. The van der Waals surface area contributed by atoms with E-state index < -0.39 is 0 Å². The van der Waals surface area contributed by atoms with Crippen LogP contribution in [0.1, 0.15) is 19.4 Å². The lowest BCUT2D eigenvalue weighted by atomic mass is 10.1. The van der Waals surface area contributed by atoms with Gasteiger partial charge in [0.15, 0.2) is 0 Å². The van der Waals surface area contributed by atoms with Crippen molar-refractivity contribution in [2.75, 3.05) is 27.4 Å². The zero-order valence-corrected chi connectivity index (χ0v) is 17.1. The Labute approximate surface area is 167 Å². The molecule has 0 saturated heterocycles. The first-order chi connectivity index (χ1) is 13.6. The maximum absolute atomic E-state index is 5.42. The van der Waals surface area contributed by atoms with E-state index in [1.54, 1.807) is 14.2 Å². The number of para-hydroxylation sites is 1. The topological polar surface area (TPSA) is 39.5 Å². The molecule has 0 saturated carbocycles. The minimum atomic E-state index is 0.411. The Hall–Kier alpha value is -2.63. The van der Waals surface area contributed by atoms with E-state index in [1.165, 1.54) is 5.56 Å². The van der Waals surface area contributed by atoms with E-state index in [0.29, 0.717) is 12.6 Å². The molecule has 0 aliphatic rings. The molecule has 2 aromatic carbocycles. The molecule has 3 rings (SSSR count). The summed E-state index contributed by atoms with van der Waals surface area (Å²) in [4.78, 5) is 2.40. The largest absolute Gasteiger partial charge is 0.497 e. The first-order valence-electron chi connectivity index (χ1n) is 9.63. The molecule has 0 amide bonds. The quantitative estimate of drug-likeness (QED) is 0.552. The van der Waals surface area contributed by atoms with Crippen molar-refractivity contribution in [3.05, 3.63) is 66.4 Å². The average Bonchev–Trinajstić information content (AvgIpc) is 3.15. The lowest BCUT2D eigenvalue weighted by molar-refractivity contribution is 0.125. The molecule has 0 spiro atoms. The average molecular weight is 380 g/mol. The van der Waals surface area contributed by atoms with Crippen LogP contribution in [0.2, 0.25) is 0 Å². The third-order valence-corrected chi connectivity index (χ3v) is 4.84. The Kier molecular flexibility index (Phi) is 6.85. The maximum Gasteiger partial charge on any atom is 0.119 e. The van der Waals surface area contributed by atoms with Crippen molar-refractivity contribution in [2.45, 2.75) is 26.4 Å². The second-order valence-corrected chi connectivity index (χ2v) is 7.07. The zero-order valence-electron chi connectivity index (χ0n) is 17.1. The number of methoxy groups -OCH3 is 2. The minimum absolute atomic E-state index is 0.411. The van der Waals surface area contributed by atoms with Crippen molar-refractivity contribution in [1.82, 2.24) is 14.7 Å². The molecule has 28 heavy (non-hydrogen) atoms. The van der Waals surface area contributed by atoms with Gasteiger partial charge in [-0.05, 0) is 38.1 Å². The minimum Gasteiger partial charge on any atom is -0.497 e. The fourth-order valence-electron chi connectivity index (χ4n) is 3.20. The first-order valence-corrected chi connectivity index (χ1v) is 9.63. The van der Waals surface area contributed by atoms with Gasteiger partial charge in [-0.3, -0.25) is 4.90 Å². The van der Waals surface area contributed by atoms with E-state index in [-0.39, 0.29) is 0 Å². The van der Waals surface area contributed by atoms with Crippen LogP contribution in [-0.2, 0) is 11.3 Å². The van der Waals surface area contributed by atoms with Crippen LogP contribution < -0.4 is 4.74 Å². The van der Waals surface area contributed by atoms with Crippen LogP contribution in [0.5, 0.6) is 5.75 Å².